The summed E-state index contributed by atoms with van der Waals surface area (Å²) in [6.07, 6.45) is 1.72. The smallest absolute Gasteiger partial charge is 0.282 e. The summed E-state index contributed by atoms with van der Waals surface area (Å²) >= 11 is 0. The van der Waals surface area contributed by atoms with Crippen LogP contribution < -0.4 is 10.3 Å². The topological polar surface area (TPSA) is 105 Å². The fraction of sp³-hybridized carbons (Fsp3) is 0.216. The maximum absolute atomic E-state index is 14.0. The van der Waals surface area contributed by atoms with Gasteiger partial charge in [-0.3, -0.25) is 14.9 Å². The minimum Gasteiger partial charge on any atom is -0.494 e. The Morgan fingerprint density at radius 2 is 1.72 bits per heavy atom. The maximum Gasteiger partial charge on any atom is 0.282 e. The first-order valence-corrected chi connectivity index (χ1v) is 15.3. The number of para-hydroxylation sites is 2. The zero-order valence-corrected chi connectivity index (χ0v) is 26.5. The van der Waals surface area contributed by atoms with E-state index in [1.165, 1.54) is 10.7 Å². The van der Waals surface area contributed by atoms with Crippen molar-refractivity contribution in [3.8, 4) is 17.1 Å². The van der Waals surface area contributed by atoms with Gasteiger partial charge in [-0.05, 0) is 73.7 Å². The molecule has 2 heterocycles. The molecule has 9 nitrogen and oxygen atoms in total. The van der Waals surface area contributed by atoms with Gasteiger partial charge >= 0.3 is 0 Å². The van der Waals surface area contributed by atoms with Crippen LogP contribution in [0.4, 0.5) is 5.69 Å². The van der Waals surface area contributed by atoms with Crippen molar-refractivity contribution in [1.82, 2.24) is 14.2 Å². The number of hydrogen-bond donors (Lipinski definition) is 0. The zero-order chi connectivity index (χ0) is 32.5. The van der Waals surface area contributed by atoms with Crippen LogP contribution >= 0.6 is 0 Å². The van der Waals surface area contributed by atoms with E-state index in [-0.39, 0.29) is 22.1 Å². The Balaban J connectivity index is 1.53. The van der Waals surface area contributed by atoms with Gasteiger partial charge in [0.05, 0.1) is 28.6 Å². The molecule has 0 saturated heterocycles. The van der Waals surface area contributed by atoms with Gasteiger partial charge in [-0.2, -0.15) is 9.78 Å². The van der Waals surface area contributed by atoms with Gasteiger partial charge in [0.25, 0.3) is 11.2 Å². The van der Waals surface area contributed by atoms with E-state index in [1.807, 2.05) is 75.4 Å². The van der Waals surface area contributed by atoms with Gasteiger partial charge in [0.1, 0.15) is 5.75 Å². The Bertz CT molecular complexity index is 2210. The molecule has 0 aliphatic heterocycles. The van der Waals surface area contributed by atoms with Crippen LogP contribution in [0.3, 0.4) is 0 Å². The SMILES string of the molecule is CCOc1cc(C)c(-c2nc3ccccc3c(=O)n2N=Cc2c(C)n(Cc3cccc([N+](=O)[O-])c3)c3ccccc23)cc1C(C)C. The van der Waals surface area contributed by atoms with Gasteiger partial charge in [0, 0.05) is 46.4 Å². The minimum atomic E-state index is -0.384. The van der Waals surface area contributed by atoms with Crippen molar-refractivity contribution in [3.63, 3.8) is 0 Å². The van der Waals surface area contributed by atoms with Crippen LogP contribution in [0.25, 0.3) is 33.2 Å². The lowest BCUT2D eigenvalue weighted by molar-refractivity contribution is -0.384. The molecular weight excluding hydrogens is 578 g/mol. The number of nitrogens with zero attached hydrogens (tertiary/aromatic N) is 5. The number of hydrogen-bond acceptors (Lipinski definition) is 6. The summed E-state index contributed by atoms with van der Waals surface area (Å²) in [6.45, 7) is 11.2. The second-order valence-corrected chi connectivity index (χ2v) is 11.6. The fourth-order valence-corrected chi connectivity index (χ4v) is 5.97. The summed E-state index contributed by atoms with van der Waals surface area (Å²) in [5.41, 5.74) is 6.66. The van der Waals surface area contributed by atoms with Crippen LogP contribution in [0.5, 0.6) is 5.75 Å². The number of aromatic nitrogens is 3. The van der Waals surface area contributed by atoms with Crippen LogP contribution in [0.2, 0.25) is 0 Å². The van der Waals surface area contributed by atoms with Gasteiger partial charge in [-0.15, -0.1) is 0 Å². The molecule has 0 radical (unpaired) electrons. The van der Waals surface area contributed by atoms with Crippen LogP contribution in [-0.2, 0) is 6.54 Å². The highest BCUT2D eigenvalue weighted by Crippen LogP contribution is 2.34. The third-order valence-corrected chi connectivity index (χ3v) is 8.32. The summed E-state index contributed by atoms with van der Waals surface area (Å²) in [6, 6.07) is 26.0. The first-order valence-electron chi connectivity index (χ1n) is 15.3. The van der Waals surface area contributed by atoms with E-state index < -0.39 is 0 Å². The Morgan fingerprint density at radius 3 is 2.46 bits per heavy atom. The molecule has 0 aliphatic rings. The average molecular weight is 614 g/mol. The molecular formula is C37H35N5O4. The Hall–Kier alpha value is -5.57. The van der Waals surface area contributed by atoms with E-state index in [2.05, 4.69) is 24.5 Å². The molecule has 6 rings (SSSR count). The van der Waals surface area contributed by atoms with Crippen LogP contribution in [-0.4, -0.2) is 32.0 Å². The van der Waals surface area contributed by atoms with E-state index in [4.69, 9.17) is 14.8 Å². The molecule has 0 saturated carbocycles. The molecule has 46 heavy (non-hydrogen) atoms. The van der Waals surface area contributed by atoms with Crippen LogP contribution in [0, 0.1) is 24.0 Å². The summed E-state index contributed by atoms with van der Waals surface area (Å²) < 4.78 is 9.47. The fourth-order valence-electron chi connectivity index (χ4n) is 5.97. The molecule has 232 valence electrons. The molecule has 0 bridgehead atoms. The lowest BCUT2D eigenvalue weighted by atomic mass is 9.96. The summed E-state index contributed by atoms with van der Waals surface area (Å²) in [7, 11) is 0. The highest BCUT2D eigenvalue weighted by molar-refractivity contribution is 6.01. The van der Waals surface area contributed by atoms with Crippen molar-refractivity contribution in [2.45, 2.75) is 47.1 Å². The molecule has 0 N–H and O–H groups in total. The molecule has 0 unspecified atom stereocenters. The van der Waals surface area contributed by atoms with E-state index in [0.717, 1.165) is 50.2 Å². The normalized spacial score (nSPS) is 11.7. The van der Waals surface area contributed by atoms with E-state index in [9.17, 15) is 14.9 Å². The third kappa shape index (κ3) is 5.56. The number of aryl methyl sites for hydroxylation is 1. The Kier molecular flexibility index (Phi) is 8.23. The Labute approximate surface area is 266 Å². The second kappa shape index (κ2) is 12.4. The number of nitro groups is 1. The number of nitro benzene ring substituents is 1. The van der Waals surface area contributed by atoms with Gasteiger partial charge < -0.3 is 9.30 Å². The van der Waals surface area contributed by atoms with Gasteiger partial charge in [-0.1, -0.05) is 56.3 Å². The minimum absolute atomic E-state index is 0.0503. The first kappa shape index (κ1) is 30.5. The predicted octanol–water partition coefficient (Wildman–Crippen LogP) is 8.00. The van der Waals surface area contributed by atoms with E-state index in [0.29, 0.717) is 29.9 Å². The van der Waals surface area contributed by atoms with E-state index >= 15 is 0 Å². The first-order chi connectivity index (χ1) is 22.2. The predicted molar refractivity (Wildman–Crippen MR) is 183 cm³/mol. The van der Waals surface area contributed by atoms with Crippen LogP contribution in [0.15, 0.2) is 94.8 Å². The summed E-state index contributed by atoms with van der Waals surface area (Å²) in [5, 5.41) is 17.7. The van der Waals surface area contributed by atoms with Crippen molar-refractivity contribution in [1.29, 1.82) is 0 Å². The third-order valence-electron chi connectivity index (χ3n) is 8.32. The molecule has 0 amide bonds. The Morgan fingerprint density at radius 1 is 0.978 bits per heavy atom. The largest absolute Gasteiger partial charge is 0.494 e. The standard InChI is InChI=1S/C37H35N5O4/c1-6-46-35-18-24(4)31(20-30(35)23(2)3)36-39-33-16-9-7-15-29(33)37(43)41(36)38-21-32-25(5)40(34-17-10-8-14-28(32)34)22-26-12-11-13-27(19-26)42(44)45/h7-21,23H,6,22H2,1-5H3. The lowest BCUT2D eigenvalue weighted by Crippen LogP contribution is -2.21. The van der Waals surface area contributed by atoms with Crippen molar-refractivity contribution < 1.29 is 9.66 Å². The molecule has 9 heteroatoms. The highest BCUT2D eigenvalue weighted by atomic mass is 16.6. The monoisotopic (exact) mass is 613 g/mol. The van der Waals surface area contributed by atoms with Crippen molar-refractivity contribution in [2.24, 2.45) is 5.10 Å². The van der Waals surface area contributed by atoms with E-state index in [1.54, 1.807) is 24.4 Å². The second-order valence-electron chi connectivity index (χ2n) is 11.6. The number of rotatable bonds is 9. The van der Waals surface area contributed by atoms with Gasteiger partial charge in [-0.25, -0.2) is 4.98 Å². The summed E-state index contributed by atoms with van der Waals surface area (Å²) in [5.74, 6) is 1.45. The number of benzene rings is 4. The molecule has 0 atom stereocenters. The number of non-ortho nitro benzene ring substituents is 1. The number of fused-ring (bicyclic) bond motifs is 2. The molecule has 4 aromatic carbocycles. The lowest BCUT2D eigenvalue weighted by Gasteiger charge is -2.18. The molecule has 0 aliphatic carbocycles. The average Bonchev–Trinajstić information content (AvgIpc) is 3.30. The van der Waals surface area contributed by atoms with Crippen molar-refractivity contribution >= 4 is 33.7 Å². The van der Waals surface area contributed by atoms with Crippen LogP contribution in [0.1, 0.15) is 54.6 Å². The molecule has 0 fully saturated rings. The summed E-state index contributed by atoms with van der Waals surface area (Å²) in [4.78, 5) is 30.0. The number of ether oxygens (including phenoxy) is 1. The highest BCUT2D eigenvalue weighted by Gasteiger charge is 2.20. The van der Waals surface area contributed by atoms with Gasteiger partial charge in [0.15, 0.2) is 5.82 Å². The van der Waals surface area contributed by atoms with Gasteiger partial charge in [0.2, 0.25) is 0 Å². The molecule has 0 spiro atoms. The van der Waals surface area contributed by atoms with Crippen molar-refractivity contribution in [3.05, 3.63) is 133 Å². The zero-order valence-electron chi connectivity index (χ0n) is 26.5. The molecule has 2 aromatic heterocycles. The quantitative estimate of drug-likeness (QED) is 0.0934. The maximum atomic E-state index is 14.0. The van der Waals surface area contributed by atoms with Crippen molar-refractivity contribution in [2.75, 3.05) is 6.61 Å². The molecule has 6 aromatic rings.